The van der Waals surface area contributed by atoms with Gasteiger partial charge in [-0.1, -0.05) is 19.1 Å². The maximum Gasteiger partial charge on any atom is 0.242 e. The third-order valence-electron chi connectivity index (χ3n) is 3.20. The van der Waals surface area contributed by atoms with Gasteiger partial charge in [0.15, 0.2) is 0 Å². The normalized spacial score (nSPS) is 20.2. The highest BCUT2D eigenvalue weighted by Gasteiger charge is 2.27. The number of hydrogen-bond acceptors (Lipinski definition) is 3. The summed E-state index contributed by atoms with van der Waals surface area (Å²) in [6.07, 6.45) is 0.818. The molecule has 1 aromatic rings. The molecule has 0 aromatic heterocycles. The van der Waals surface area contributed by atoms with Crippen molar-refractivity contribution in [2.24, 2.45) is 5.73 Å². The zero-order valence-electron chi connectivity index (χ0n) is 10.1. The molecule has 17 heavy (non-hydrogen) atoms. The van der Waals surface area contributed by atoms with Crippen LogP contribution in [0.3, 0.4) is 0 Å². The van der Waals surface area contributed by atoms with Crippen molar-refractivity contribution in [3.8, 4) is 0 Å². The molecule has 0 saturated carbocycles. The fourth-order valence-corrected chi connectivity index (χ4v) is 2.29. The fraction of sp³-hybridized carbons (Fsp3) is 0.462. The number of amides is 1. The van der Waals surface area contributed by atoms with E-state index in [0.29, 0.717) is 13.1 Å². The maximum absolute atomic E-state index is 11.8. The van der Waals surface area contributed by atoms with Crippen molar-refractivity contribution in [3.63, 3.8) is 0 Å². The van der Waals surface area contributed by atoms with Crippen LogP contribution in [0.25, 0.3) is 0 Å². The Balaban J connectivity index is 2.27. The van der Waals surface area contributed by atoms with Crippen LogP contribution in [0.4, 0.5) is 5.69 Å². The molecule has 4 nitrogen and oxygen atoms in total. The standard InChI is InChI=1S/C13H19N3O/c1-2-12-13(17)15-6-7-16(12)11-5-3-4-10(8-11)9-14/h3-5,8,12H,2,6-7,9,14H2,1H3,(H,15,17). The van der Waals surface area contributed by atoms with Crippen molar-refractivity contribution in [1.29, 1.82) is 0 Å². The second kappa shape index (κ2) is 5.19. The van der Waals surface area contributed by atoms with Gasteiger partial charge in [0.05, 0.1) is 0 Å². The molecule has 0 aliphatic carbocycles. The predicted molar refractivity (Wildman–Crippen MR) is 68.8 cm³/mol. The topological polar surface area (TPSA) is 58.4 Å². The van der Waals surface area contributed by atoms with Crippen LogP contribution < -0.4 is 16.0 Å². The molecule has 3 N–H and O–H groups in total. The van der Waals surface area contributed by atoms with Gasteiger partial charge in [-0.2, -0.15) is 0 Å². The number of nitrogens with one attached hydrogen (secondary N) is 1. The first-order valence-electron chi connectivity index (χ1n) is 6.09. The van der Waals surface area contributed by atoms with Crippen molar-refractivity contribution in [2.75, 3.05) is 18.0 Å². The summed E-state index contributed by atoms with van der Waals surface area (Å²) < 4.78 is 0. The number of rotatable bonds is 3. The van der Waals surface area contributed by atoms with E-state index in [1.807, 2.05) is 25.1 Å². The smallest absolute Gasteiger partial charge is 0.242 e. The Labute approximate surface area is 102 Å². The van der Waals surface area contributed by atoms with Gasteiger partial charge >= 0.3 is 0 Å². The molecule has 92 valence electrons. The minimum Gasteiger partial charge on any atom is -0.358 e. The SMILES string of the molecule is CCC1C(=O)NCCN1c1cccc(CN)c1. The first-order chi connectivity index (χ1) is 8.26. The lowest BCUT2D eigenvalue weighted by Gasteiger charge is -2.36. The largest absolute Gasteiger partial charge is 0.358 e. The highest BCUT2D eigenvalue weighted by atomic mass is 16.2. The second-order valence-corrected chi connectivity index (χ2v) is 4.28. The van der Waals surface area contributed by atoms with E-state index in [1.165, 1.54) is 0 Å². The van der Waals surface area contributed by atoms with E-state index in [9.17, 15) is 4.79 Å². The average molecular weight is 233 g/mol. The van der Waals surface area contributed by atoms with Crippen LogP contribution in [0.5, 0.6) is 0 Å². The monoisotopic (exact) mass is 233 g/mol. The summed E-state index contributed by atoms with van der Waals surface area (Å²) in [6.45, 7) is 4.14. The Kier molecular flexibility index (Phi) is 3.64. The van der Waals surface area contributed by atoms with Gasteiger partial charge < -0.3 is 16.0 Å². The van der Waals surface area contributed by atoms with Crippen LogP contribution in [0, 0.1) is 0 Å². The second-order valence-electron chi connectivity index (χ2n) is 4.28. The molecule has 1 atom stereocenters. The van der Waals surface area contributed by atoms with Crippen molar-refractivity contribution in [3.05, 3.63) is 29.8 Å². The predicted octanol–water partition coefficient (Wildman–Crippen LogP) is 0.860. The lowest BCUT2D eigenvalue weighted by Crippen LogP contribution is -2.55. The van der Waals surface area contributed by atoms with Gasteiger partial charge in [0, 0.05) is 25.3 Å². The number of nitrogens with two attached hydrogens (primary N) is 1. The quantitative estimate of drug-likeness (QED) is 0.814. The molecular formula is C13H19N3O. The van der Waals surface area contributed by atoms with Gasteiger partial charge in [-0.25, -0.2) is 0 Å². The van der Waals surface area contributed by atoms with Crippen LogP contribution in [-0.2, 0) is 11.3 Å². The number of piperazine rings is 1. The molecule has 1 amide bonds. The lowest BCUT2D eigenvalue weighted by molar-refractivity contribution is -0.123. The summed E-state index contributed by atoms with van der Waals surface area (Å²) >= 11 is 0. The van der Waals surface area contributed by atoms with Crippen LogP contribution in [-0.4, -0.2) is 25.0 Å². The van der Waals surface area contributed by atoms with E-state index in [-0.39, 0.29) is 11.9 Å². The molecule has 1 aliphatic heterocycles. The van der Waals surface area contributed by atoms with Gasteiger partial charge in [-0.3, -0.25) is 4.79 Å². The number of carbonyl (C=O) groups excluding carboxylic acids is 1. The van der Waals surface area contributed by atoms with Gasteiger partial charge in [-0.05, 0) is 24.1 Å². The van der Waals surface area contributed by atoms with E-state index in [4.69, 9.17) is 5.73 Å². The summed E-state index contributed by atoms with van der Waals surface area (Å²) in [7, 11) is 0. The Bertz CT molecular complexity index is 405. The Morgan fingerprint density at radius 3 is 3.06 bits per heavy atom. The van der Waals surface area contributed by atoms with E-state index in [1.54, 1.807) is 0 Å². The number of hydrogen-bond donors (Lipinski definition) is 2. The van der Waals surface area contributed by atoms with Gasteiger partial charge in [0.1, 0.15) is 6.04 Å². The minimum atomic E-state index is -0.0585. The summed E-state index contributed by atoms with van der Waals surface area (Å²) in [5.74, 6) is 0.122. The van der Waals surface area contributed by atoms with Crippen molar-refractivity contribution < 1.29 is 4.79 Å². The molecule has 1 saturated heterocycles. The summed E-state index contributed by atoms with van der Waals surface area (Å²) in [5, 5.41) is 2.91. The van der Waals surface area contributed by atoms with Crippen LogP contribution >= 0.6 is 0 Å². The average Bonchev–Trinajstić information content (AvgIpc) is 2.38. The molecule has 1 aliphatic rings. The van der Waals surface area contributed by atoms with Crippen LogP contribution in [0.1, 0.15) is 18.9 Å². The van der Waals surface area contributed by atoms with Gasteiger partial charge in [0.25, 0.3) is 0 Å². The molecule has 1 fully saturated rings. The molecule has 1 aromatic carbocycles. The first kappa shape index (κ1) is 11.9. The molecule has 1 heterocycles. The zero-order valence-corrected chi connectivity index (χ0v) is 10.1. The maximum atomic E-state index is 11.8. The summed E-state index contributed by atoms with van der Waals surface area (Å²) in [6, 6.07) is 8.06. The van der Waals surface area contributed by atoms with E-state index < -0.39 is 0 Å². The molecule has 2 rings (SSSR count). The number of nitrogens with zero attached hydrogens (tertiary/aromatic N) is 1. The molecule has 1 unspecified atom stereocenters. The Morgan fingerprint density at radius 1 is 1.53 bits per heavy atom. The highest BCUT2D eigenvalue weighted by molar-refractivity contribution is 5.86. The van der Waals surface area contributed by atoms with Crippen LogP contribution in [0.2, 0.25) is 0 Å². The van der Waals surface area contributed by atoms with Crippen molar-refractivity contribution >= 4 is 11.6 Å². The highest BCUT2D eigenvalue weighted by Crippen LogP contribution is 2.21. The van der Waals surface area contributed by atoms with E-state index >= 15 is 0 Å². The Morgan fingerprint density at radius 2 is 2.35 bits per heavy atom. The molecule has 4 heteroatoms. The lowest BCUT2D eigenvalue weighted by atomic mass is 10.1. The third kappa shape index (κ3) is 2.42. The number of anilines is 1. The minimum absolute atomic E-state index is 0.0585. The first-order valence-corrected chi connectivity index (χ1v) is 6.09. The molecular weight excluding hydrogens is 214 g/mol. The van der Waals surface area contributed by atoms with E-state index in [0.717, 1.165) is 24.2 Å². The molecule has 0 spiro atoms. The van der Waals surface area contributed by atoms with Crippen molar-refractivity contribution in [2.45, 2.75) is 25.9 Å². The van der Waals surface area contributed by atoms with Crippen LogP contribution in [0.15, 0.2) is 24.3 Å². The molecule has 0 bridgehead atoms. The number of benzene rings is 1. The number of carbonyl (C=O) groups is 1. The summed E-state index contributed by atoms with van der Waals surface area (Å²) in [4.78, 5) is 14.0. The Hall–Kier alpha value is -1.55. The molecule has 0 radical (unpaired) electrons. The van der Waals surface area contributed by atoms with Gasteiger partial charge in [0.2, 0.25) is 5.91 Å². The van der Waals surface area contributed by atoms with Crippen molar-refractivity contribution in [1.82, 2.24) is 5.32 Å². The van der Waals surface area contributed by atoms with Gasteiger partial charge in [-0.15, -0.1) is 0 Å². The van der Waals surface area contributed by atoms with E-state index in [2.05, 4.69) is 16.3 Å². The summed E-state index contributed by atoms with van der Waals surface area (Å²) in [5.41, 5.74) is 7.84. The fourth-order valence-electron chi connectivity index (χ4n) is 2.29. The third-order valence-corrected chi connectivity index (χ3v) is 3.20. The zero-order chi connectivity index (χ0) is 12.3.